The van der Waals surface area contributed by atoms with Gasteiger partial charge >= 0.3 is 5.97 Å². The summed E-state index contributed by atoms with van der Waals surface area (Å²) in [5.74, 6) is 0.213. The van der Waals surface area contributed by atoms with Crippen molar-refractivity contribution < 1.29 is 14.3 Å². The summed E-state index contributed by atoms with van der Waals surface area (Å²) >= 11 is 0. The van der Waals surface area contributed by atoms with E-state index in [4.69, 9.17) is 9.47 Å². The Labute approximate surface area is 171 Å². The average Bonchev–Trinajstić information content (AvgIpc) is 2.71. The number of carbonyl (C=O) groups excluding carboxylic acids is 1. The second kappa shape index (κ2) is 9.15. The van der Waals surface area contributed by atoms with E-state index in [2.05, 4.69) is 5.43 Å². The molecular weight excluding hydrogens is 364 g/mol. The first kappa shape index (κ1) is 20.3. The van der Waals surface area contributed by atoms with Gasteiger partial charge in [-0.05, 0) is 69.3 Å². The number of benzene rings is 3. The molecule has 0 saturated heterocycles. The summed E-state index contributed by atoms with van der Waals surface area (Å²) in [7, 11) is 0. The Bertz CT molecular complexity index is 904. The second-order valence-electron chi connectivity index (χ2n) is 7.52. The topological polar surface area (TPSA) is 50.8 Å². The molecule has 0 aromatic heterocycles. The fraction of sp³-hybridized carbons (Fsp3) is 0.208. The van der Waals surface area contributed by atoms with Crippen LogP contribution in [0, 0.1) is 0 Å². The zero-order valence-corrected chi connectivity index (χ0v) is 17.0. The van der Waals surface area contributed by atoms with E-state index in [1.165, 1.54) is 0 Å². The number of nitrogens with one attached hydrogen (secondary N) is 1. The van der Waals surface area contributed by atoms with E-state index in [-0.39, 0.29) is 6.61 Å². The van der Waals surface area contributed by atoms with Crippen molar-refractivity contribution in [2.75, 3.05) is 17.0 Å². The zero-order chi connectivity index (χ0) is 20.7. The molecule has 5 heteroatoms. The lowest BCUT2D eigenvalue weighted by molar-refractivity contribution is -0.157. The third-order valence-electron chi connectivity index (χ3n) is 3.90. The van der Waals surface area contributed by atoms with Gasteiger partial charge in [0.1, 0.15) is 11.4 Å². The van der Waals surface area contributed by atoms with Crippen molar-refractivity contribution in [1.29, 1.82) is 0 Å². The van der Waals surface area contributed by atoms with E-state index in [0.717, 1.165) is 17.1 Å². The summed E-state index contributed by atoms with van der Waals surface area (Å²) < 4.78 is 10.8. The molecule has 0 aliphatic heterocycles. The van der Waals surface area contributed by atoms with E-state index >= 15 is 0 Å². The molecule has 1 N–H and O–H groups in total. The first-order valence-electron chi connectivity index (χ1n) is 9.52. The van der Waals surface area contributed by atoms with Crippen LogP contribution in [0.1, 0.15) is 20.8 Å². The summed E-state index contributed by atoms with van der Waals surface area (Å²) in [6.45, 7) is 5.37. The van der Waals surface area contributed by atoms with Crippen LogP contribution >= 0.6 is 0 Å². The monoisotopic (exact) mass is 390 g/mol. The Morgan fingerprint density at radius 1 is 0.828 bits per heavy atom. The molecule has 3 aromatic carbocycles. The largest absolute Gasteiger partial charge is 0.482 e. The van der Waals surface area contributed by atoms with Gasteiger partial charge in [-0.1, -0.05) is 36.4 Å². The van der Waals surface area contributed by atoms with Gasteiger partial charge in [-0.25, -0.2) is 4.79 Å². The van der Waals surface area contributed by atoms with Gasteiger partial charge in [0.15, 0.2) is 6.61 Å². The standard InChI is InChI=1S/C24H26N2O3/c1-24(2,3)29-23(27)18-28-22-16-14-21(15-17-22)26(20-12-8-5-9-13-20)25-19-10-6-4-7-11-19/h4-17,25H,18H2,1-3H3. The fourth-order valence-electron chi connectivity index (χ4n) is 2.70. The molecule has 0 bridgehead atoms. The minimum atomic E-state index is -0.524. The van der Waals surface area contributed by atoms with E-state index < -0.39 is 11.6 Å². The first-order chi connectivity index (χ1) is 13.9. The maximum absolute atomic E-state index is 11.8. The lowest BCUT2D eigenvalue weighted by Crippen LogP contribution is -2.27. The molecule has 0 aliphatic rings. The van der Waals surface area contributed by atoms with Crippen molar-refractivity contribution in [1.82, 2.24) is 0 Å². The Kier molecular flexibility index (Phi) is 6.39. The molecule has 0 saturated carbocycles. The molecule has 3 aromatic rings. The molecule has 29 heavy (non-hydrogen) atoms. The lowest BCUT2D eigenvalue weighted by Gasteiger charge is -2.27. The van der Waals surface area contributed by atoms with Crippen molar-refractivity contribution in [3.63, 3.8) is 0 Å². The number of anilines is 3. The maximum Gasteiger partial charge on any atom is 0.344 e. The van der Waals surface area contributed by atoms with Crippen LogP contribution in [0.3, 0.4) is 0 Å². The van der Waals surface area contributed by atoms with E-state index in [9.17, 15) is 4.79 Å². The number of para-hydroxylation sites is 2. The molecule has 150 valence electrons. The van der Waals surface area contributed by atoms with Crippen molar-refractivity contribution in [2.45, 2.75) is 26.4 Å². The SMILES string of the molecule is CC(C)(C)OC(=O)COc1ccc(N(Nc2ccccc2)c2ccccc2)cc1. The number of hydrazine groups is 1. The third kappa shape index (κ3) is 6.28. The summed E-state index contributed by atoms with van der Waals surface area (Å²) in [6, 6.07) is 27.5. The molecule has 0 atom stereocenters. The minimum absolute atomic E-state index is 0.124. The molecule has 0 unspecified atom stereocenters. The van der Waals surface area contributed by atoms with Gasteiger partial charge in [-0.3, -0.25) is 10.4 Å². The fourth-order valence-corrected chi connectivity index (χ4v) is 2.70. The molecule has 0 amide bonds. The Morgan fingerprint density at radius 2 is 1.38 bits per heavy atom. The summed E-state index contributed by atoms with van der Waals surface area (Å²) in [6.07, 6.45) is 0. The molecule has 0 radical (unpaired) electrons. The molecule has 3 rings (SSSR count). The van der Waals surface area contributed by atoms with Gasteiger partial charge in [-0.15, -0.1) is 0 Å². The van der Waals surface area contributed by atoms with Crippen LogP contribution in [0.2, 0.25) is 0 Å². The smallest absolute Gasteiger partial charge is 0.344 e. The second-order valence-corrected chi connectivity index (χ2v) is 7.52. The van der Waals surface area contributed by atoms with Gasteiger partial charge in [0.2, 0.25) is 0 Å². The average molecular weight is 390 g/mol. The predicted octanol–water partition coefficient (Wildman–Crippen LogP) is 5.57. The highest BCUT2D eigenvalue weighted by Gasteiger charge is 2.16. The number of hydrogen-bond acceptors (Lipinski definition) is 5. The molecule has 0 fully saturated rings. The van der Waals surface area contributed by atoms with Crippen LogP contribution in [0.15, 0.2) is 84.9 Å². The Balaban J connectivity index is 1.72. The summed E-state index contributed by atoms with van der Waals surface area (Å²) in [5, 5.41) is 1.99. The van der Waals surface area contributed by atoms with E-state index in [0.29, 0.717) is 5.75 Å². The van der Waals surface area contributed by atoms with Crippen LogP contribution < -0.4 is 15.2 Å². The number of carbonyl (C=O) groups is 1. The minimum Gasteiger partial charge on any atom is -0.482 e. The highest BCUT2D eigenvalue weighted by atomic mass is 16.6. The number of ether oxygens (including phenoxy) is 2. The predicted molar refractivity (Wildman–Crippen MR) is 116 cm³/mol. The molecule has 0 aliphatic carbocycles. The van der Waals surface area contributed by atoms with E-state index in [1.807, 2.05) is 111 Å². The maximum atomic E-state index is 11.8. The van der Waals surface area contributed by atoms with Crippen molar-refractivity contribution in [3.8, 4) is 5.75 Å². The summed E-state index contributed by atoms with van der Waals surface area (Å²) in [5.41, 5.74) is 5.81. The molecule has 0 spiro atoms. The first-order valence-corrected chi connectivity index (χ1v) is 9.52. The van der Waals surface area contributed by atoms with Gasteiger partial charge in [0.05, 0.1) is 17.1 Å². The number of esters is 1. The summed E-state index contributed by atoms with van der Waals surface area (Å²) in [4.78, 5) is 11.8. The van der Waals surface area contributed by atoms with Crippen molar-refractivity contribution >= 4 is 23.0 Å². The highest BCUT2D eigenvalue weighted by Crippen LogP contribution is 2.28. The zero-order valence-electron chi connectivity index (χ0n) is 17.0. The normalized spacial score (nSPS) is 10.9. The number of hydrogen-bond donors (Lipinski definition) is 1. The van der Waals surface area contributed by atoms with Crippen LogP contribution in [0.5, 0.6) is 5.75 Å². The highest BCUT2D eigenvalue weighted by molar-refractivity contribution is 5.72. The number of nitrogens with zero attached hydrogens (tertiary/aromatic N) is 1. The quantitative estimate of drug-likeness (QED) is 0.422. The number of rotatable bonds is 7. The molecular formula is C24H26N2O3. The Hall–Kier alpha value is -3.47. The van der Waals surface area contributed by atoms with Gasteiger partial charge in [0.25, 0.3) is 0 Å². The van der Waals surface area contributed by atoms with Gasteiger partial charge in [-0.2, -0.15) is 0 Å². The molecule has 0 heterocycles. The van der Waals surface area contributed by atoms with Gasteiger partial charge in [0, 0.05) is 0 Å². The van der Waals surface area contributed by atoms with Crippen molar-refractivity contribution in [2.24, 2.45) is 0 Å². The van der Waals surface area contributed by atoms with Crippen LogP contribution in [0.25, 0.3) is 0 Å². The Morgan fingerprint density at radius 3 is 1.97 bits per heavy atom. The van der Waals surface area contributed by atoms with Gasteiger partial charge < -0.3 is 9.47 Å². The van der Waals surface area contributed by atoms with E-state index in [1.54, 1.807) is 0 Å². The third-order valence-corrected chi connectivity index (χ3v) is 3.90. The van der Waals surface area contributed by atoms with Crippen molar-refractivity contribution in [3.05, 3.63) is 84.9 Å². The van der Waals surface area contributed by atoms with Crippen LogP contribution in [-0.2, 0) is 9.53 Å². The van der Waals surface area contributed by atoms with Crippen LogP contribution in [-0.4, -0.2) is 18.2 Å². The lowest BCUT2D eigenvalue weighted by atomic mass is 10.2. The molecule has 5 nitrogen and oxygen atoms in total. The van der Waals surface area contributed by atoms with Crippen LogP contribution in [0.4, 0.5) is 17.1 Å².